The van der Waals surface area contributed by atoms with Crippen molar-refractivity contribution in [2.45, 2.75) is 47.0 Å². The van der Waals surface area contributed by atoms with E-state index in [0.717, 1.165) is 12.8 Å². The average Bonchev–Trinajstić information content (AvgIpc) is 2.38. The van der Waals surface area contributed by atoms with E-state index in [1.807, 2.05) is 6.92 Å². The van der Waals surface area contributed by atoms with Crippen molar-refractivity contribution in [3.63, 3.8) is 0 Å². The van der Waals surface area contributed by atoms with Crippen molar-refractivity contribution in [2.75, 3.05) is 5.73 Å². The van der Waals surface area contributed by atoms with Crippen LogP contribution < -0.4 is 5.73 Å². The number of carbonyl (C=O) groups is 1. The first-order valence-electron chi connectivity index (χ1n) is 7.18. The first kappa shape index (κ1) is 17.7. The van der Waals surface area contributed by atoms with Crippen LogP contribution in [0.25, 0.3) is 0 Å². The number of rotatable bonds is 6. The molecule has 0 aliphatic rings. The Kier molecular flexibility index (Phi) is 5.57. The highest BCUT2D eigenvalue weighted by atomic mass is 35.5. The second kappa shape index (κ2) is 6.61. The summed E-state index contributed by atoms with van der Waals surface area (Å²) < 4.78 is 0. The molecule has 0 aromatic heterocycles. The molecule has 0 saturated heterocycles. The number of hydrogen-bond donors (Lipinski definition) is 2. The predicted octanol–water partition coefficient (Wildman–Crippen LogP) is 4.98. The van der Waals surface area contributed by atoms with Gasteiger partial charge in [-0.05, 0) is 49.1 Å². The Bertz CT molecular complexity index is 534. The summed E-state index contributed by atoms with van der Waals surface area (Å²) in [4.78, 5) is 12.8. The molecule has 1 aromatic rings. The predicted molar refractivity (Wildman–Crippen MR) is 90.4 cm³/mol. The quantitative estimate of drug-likeness (QED) is 0.442. The lowest BCUT2D eigenvalue weighted by molar-refractivity contribution is 0.0793. The van der Waals surface area contributed by atoms with Gasteiger partial charge in [-0.15, -0.1) is 0 Å². The normalized spacial score (nSPS) is 14.5. The standard InChI is InChI=1S/C17H25ClN2O/c1-16(2,3)7-8-17(4,9-10-19)15(21)12-5-6-14(20)13(18)11-12/h5-6,10-11,19H,7-9,20H2,1-4H3/t17-/m0/s1. The molecule has 1 aromatic carbocycles. The van der Waals surface area contributed by atoms with Gasteiger partial charge in [0.15, 0.2) is 5.78 Å². The van der Waals surface area contributed by atoms with Crippen molar-refractivity contribution >= 4 is 29.3 Å². The van der Waals surface area contributed by atoms with Crippen molar-refractivity contribution in [1.82, 2.24) is 0 Å². The van der Waals surface area contributed by atoms with E-state index in [1.165, 1.54) is 6.21 Å². The van der Waals surface area contributed by atoms with Crippen LogP contribution in [-0.2, 0) is 0 Å². The summed E-state index contributed by atoms with van der Waals surface area (Å²) in [6.45, 7) is 8.39. The maximum Gasteiger partial charge on any atom is 0.169 e. The zero-order chi connectivity index (χ0) is 16.3. The van der Waals surface area contributed by atoms with E-state index in [4.69, 9.17) is 22.7 Å². The molecule has 0 fully saturated rings. The van der Waals surface area contributed by atoms with Gasteiger partial charge in [-0.2, -0.15) is 0 Å². The summed E-state index contributed by atoms with van der Waals surface area (Å²) in [6, 6.07) is 4.99. The molecule has 0 unspecified atom stereocenters. The minimum atomic E-state index is -0.575. The molecule has 1 rings (SSSR count). The number of anilines is 1. The minimum Gasteiger partial charge on any atom is -0.398 e. The van der Waals surface area contributed by atoms with Gasteiger partial charge in [0.05, 0.1) is 10.7 Å². The van der Waals surface area contributed by atoms with Gasteiger partial charge in [0.2, 0.25) is 0 Å². The summed E-state index contributed by atoms with van der Waals surface area (Å²) in [7, 11) is 0. The van der Waals surface area contributed by atoms with E-state index in [1.54, 1.807) is 18.2 Å². The molecule has 116 valence electrons. The van der Waals surface area contributed by atoms with E-state index < -0.39 is 5.41 Å². The molecule has 0 saturated carbocycles. The van der Waals surface area contributed by atoms with E-state index in [0.29, 0.717) is 22.7 Å². The fourth-order valence-electron chi connectivity index (χ4n) is 2.20. The van der Waals surface area contributed by atoms with Crippen LogP contribution in [0.4, 0.5) is 5.69 Å². The minimum absolute atomic E-state index is 0.0251. The lowest BCUT2D eigenvalue weighted by Crippen LogP contribution is -2.30. The smallest absolute Gasteiger partial charge is 0.169 e. The second-order valence-electron chi connectivity index (χ2n) is 7.09. The molecule has 0 amide bonds. The maximum absolute atomic E-state index is 12.8. The molecule has 21 heavy (non-hydrogen) atoms. The van der Waals surface area contributed by atoms with Crippen LogP contribution >= 0.6 is 11.6 Å². The van der Waals surface area contributed by atoms with Gasteiger partial charge in [-0.25, -0.2) is 0 Å². The molecule has 0 radical (unpaired) electrons. The lowest BCUT2D eigenvalue weighted by atomic mass is 9.72. The van der Waals surface area contributed by atoms with Gasteiger partial charge in [0.25, 0.3) is 0 Å². The summed E-state index contributed by atoms with van der Waals surface area (Å²) in [6.07, 6.45) is 3.42. The average molecular weight is 309 g/mol. The first-order chi connectivity index (χ1) is 9.59. The van der Waals surface area contributed by atoms with E-state index in [2.05, 4.69) is 20.8 Å². The van der Waals surface area contributed by atoms with Crippen LogP contribution in [0.2, 0.25) is 5.02 Å². The third-order valence-electron chi connectivity index (χ3n) is 3.79. The van der Waals surface area contributed by atoms with E-state index in [9.17, 15) is 4.79 Å². The monoisotopic (exact) mass is 308 g/mol. The number of carbonyl (C=O) groups excluding carboxylic acids is 1. The number of hydrogen-bond acceptors (Lipinski definition) is 3. The third kappa shape index (κ3) is 4.85. The van der Waals surface area contributed by atoms with Crippen molar-refractivity contribution in [3.8, 4) is 0 Å². The zero-order valence-corrected chi connectivity index (χ0v) is 14.1. The highest BCUT2D eigenvalue weighted by Gasteiger charge is 2.34. The second-order valence-corrected chi connectivity index (χ2v) is 7.50. The van der Waals surface area contributed by atoms with Gasteiger partial charge in [0.1, 0.15) is 0 Å². The molecule has 3 nitrogen and oxygen atoms in total. The summed E-state index contributed by atoms with van der Waals surface area (Å²) in [5.41, 5.74) is 6.30. The fourth-order valence-corrected chi connectivity index (χ4v) is 2.38. The highest BCUT2D eigenvalue weighted by molar-refractivity contribution is 6.33. The summed E-state index contributed by atoms with van der Waals surface area (Å²) in [5, 5.41) is 7.80. The zero-order valence-electron chi connectivity index (χ0n) is 13.3. The fraction of sp³-hybridized carbons (Fsp3) is 0.529. The molecule has 1 atom stereocenters. The SMILES string of the molecule is CC(C)(C)CC[C@@](C)(CC=N)C(=O)c1ccc(N)c(Cl)c1. The number of nitrogen functional groups attached to an aromatic ring is 1. The van der Waals surface area contributed by atoms with Gasteiger partial charge in [0, 0.05) is 11.0 Å². The van der Waals surface area contributed by atoms with Crippen LogP contribution in [0.15, 0.2) is 18.2 Å². The molecule has 3 N–H and O–H groups in total. The van der Waals surface area contributed by atoms with Crippen LogP contribution in [-0.4, -0.2) is 12.0 Å². The van der Waals surface area contributed by atoms with Crippen LogP contribution in [0, 0.1) is 16.2 Å². The van der Waals surface area contributed by atoms with Gasteiger partial charge < -0.3 is 11.1 Å². The van der Waals surface area contributed by atoms with E-state index >= 15 is 0 Å². The molecular weight excluding hydrogens is 284 g/mol. The molecule has 0 aliphatic carbocycles. The molecule has 0 aliphatic heterocycles. The summed E-state index contributed by atoms with van der Waals surface area (Å²) >= 11 is 6.01. The molecule has 0 heterocycles. The Balaban J connectivity index is 3.05. The molecule has 0 spiro atoms. The molecule has 4 heteroatoms. The van der Waals surface area contributed by atoms with Crippen LogP contribution in [0.1, 0.15) is 57.3 Å². The maximum atomic E-state index is 12.8. The van der Waals surface area contributed by atoms with E-state index in [-0.39, 0.29) is 11.2 Å². The van der Waals surface area contributed by atoms with Crippen molar-refractivity contribution in [1.29, 1.82) is 5.41 Å². The van der Waals surface area contributed by atoms with Crippen molar-refractivity contribution in [3.05, 3.63) is 28.8 Å². The topological polar surface area (TPSA) is 66.9 Å². The van der Waals surface area contributed by atoms with Gasteiger partial charge >= 0.3 is 0 Å². The number of Topliss-reactive ketones (excluding diaryl/α,β-unsaturated/α-hetero) is 1. The number of benzene rings is 1. The van der Waals surface area contributed by atoms with Gasteiger partial charge in [-0.1, -0.05) is 39.3 Å². The van der Waals surface area contributed by atoms with Crippen molar-refractivity contribution < 1.29 is 4.79 Å². The number of ketones is 1. The Hall–Kier alpha value is -1.35. The number of nitrogens with one attached hydrogen (secondary N) is 1. The van der Waals surface area contributed by atoms with Crippen LogP contribution in [0.5, 0.6) is 0 Å². The number of halogens is 1. The Morgan fingerprint density at radius 1 is 1.29 bits per heavy atom. The van der Waals surface area contributed by atoms with Gasteiger partial charge in [-0.3, -0.25) is 4.79 Å². The Morgan fingerprint density at radius 3 is 2.38 bits per heavy atom. The first-order valence-corrected chi connectivity index (χ1v) is 7.56. The number of nitrogens with two attached hydrogens (primary N) is 1. The Morgan fingerprint density at radius 2 is 1.90 bits per heavy atom. The van der Waals surface area contributed by atoms with Crippen molar-refractivity contribution in [2.24, 2.45) is 10.8 Å². The largest absolute Gasteiger partial charge is 0.398 e. The third-order valence-corrected chi connectivity index (χ3v) is 4.12. The van der Waals surface area contributed by atoms with Crippen LogP contribution in [0.3, 0.4) is 0 Å². The Labute approximate surface area is 132 Å². The summed E-state index contributed by atoms with van der Waals surface area (Å²) in [5.74, 6) is 0.0251. The highest BCUT2D eigenvalue weighted by Crippen LogP contribution is 2.36. The molecule has 0 bridgehead atoms. The molecular formula is C17H25ClN2O. The lowest BCUT2D eigenvalue weighted by Gasteiger charge is -2.30.